The van der Waals surface area contributed by atoms with E-state index in [2.05, 4.69) is 0 Å². The van der Waals surface area contributed by atoms with E-state index < -0.39 is 17.2 Å². The molecule has 0 aromatic carbocycles. The minimum atomic E-state index is -0.761. The highest BCUT2D eigenvalue weighted by Gasteiger charge is 2.42. The summed E-state index contributed by atoms with van der Waals surface area (Å²) in [7, 11) is 1.66. The Kier molecular flexibility index (Phi) is 4.99. The number of likely N-dealkylation sites (N-methyl/N-ethyl adjacent to an activating group) is 1. The molecule has 4 nitrogen and oxygen atoms in total. The maximum absolute atomic E-state index is 12.2. The van der Waals surface area contributed by atoms with E-state index in [1.165, 1.54) is 11.3 Å². The third-order valence-electron chi connectivity index (χ3n) is 4.06. The van der Waals surface area contributed by atoms with E-state index in [1.807, 2.05) is 27.7 Å². The lowest BCUT2D eigenvalue weighted by Crippen LogP contribution is -2.55. The van der Waals surface area contributed by atoms with E-state index in [4.69, 9.17) is 4.74 Å². The summed E-state index contributed by atoms with van der Waals surface area (Å²) in [5, 5.41) is 0. The fourth-order valence-electron chi connectivity index (χ4n) is 2.66. The van der Waals surface area contributed by atoms with Gasteiger partial charge in [-0.25, -0.2) is 4.79 Å². The second-order valence-corrected chi connectivity index (χ2v) is 6.72. The van der Waals surface area contributed by atoms with E-state index in [1.54, 1.807) is 7.05 Å². The van der Waals surface area contributed by atoms with Gasteiger partial charge < -0.3 is 9.53 Å². The molecule has 4 heteroatoms. The molecule has 1 amide bonds. The van der Waals surface area contributed by atoms with Crippen molar-refractivity contribution in [2.75, 3.05) is 7.05 Å². The van der Waals surface area contributed by atoms with Crippen molar-refractivity contribution in [3.05, 3.63) is 0 Å². The summed E-state index contributed by atoms with van der Waals surface area (Å²) in [6, 6.07) is 0. The highest BCUT2D eigenvalue weighted by molar-refractivity contribution is 5.76. The zero-order valence-electron chi connectivity index (χ0n) is 12.9. The summed E-state index contributed by atoms with van der Waals surface area (Å²) in [6.07, 6.45) is 5.99. The smallest absolute Gasteiger partial charge is 0.410 e. The Morgan fingerprint density at radius 2 is 1.68 bits per heavy atom. The highest BCUT2D eigenvalue weighted by Crippen LogP contribution is 2.35. The van der Waals surface area contributed by atoms with E-state index in [0.717, 1.165) is 32.0 Å². The van der Waals surface area contributed by atoms with Crippen molar-refractivity contribution in [3.8, 4) is 0 Å². The maximum atomic E-state index is 12.2. The van der Waals surface area contributed by atoms with Gasteiger partial charge in [-0.2, -0.15) is 0 Å². The molecule has 1 aliphatic carbocycles. The third kappa shape index (κ3) is 3.95. The van der Waals surface area contributed by atoms with Crippen LogP contribution < -0.4 is 0 Å². The number of hydrogen-bond acceptors (Lipinski definition) is 3. The first-order chi connectivity index (χ1) is 8.70. The molecule has 110 valence electrons. The van der Waals surface area contributed by atoms with Gasteiger partial charge >= 0.3 is 6.09 Å². The van der Waals surface area contributed by atoms with Crippen molar-refractivity contribution in [1.29, 1.82) is 0 Å². The monoisotopic (exact) mass is 269 g/mol. The summed E-state index contributed by atoms with van der Waals surface area (Å²) in [5.41, 5.74) is -1.30. The number of nitrogens with zero attached hydrogens (tertiary/aromatic N) is 1. The second-order valence-electron chi connectivity index (χ2n) is 6.72. The normalized spacial score (nSPS) is 20.5. The zero-order valence-corrected chi connectivity index (χ0v) is 12.9. The number of ether oxygens (including phenoxy) is 1. The SMILES string of the molecule is CN(C(=O)OC(C)(C)C)C(C)(C=O)C1CCCCC1. The highest BCUT2D eigenvalue weighted by atomic mass is 16.6. The number of rotatable bonds is 3. The van der Waals surface area contributed by atoms with Crippen LogP contribution in [0.4, 0.5) is 4.79 Å². The molecule has 1 saturated carbocycles. The molecule has 0 bridgehead atoms. The number of amides is 1. The van der Waals surface area contributed by atoms with Crippen molar-refractivity contribution in [1.82, 2.24) is 4.90 Å². The zero-order chi connectivity index (χ0) is 14.7. The van der Waals surface area contributed by atoms with Crippen molar-refractivity contribution < 1.29 is 14.3 Å². The van der Waals surface area contributed by atoms with Gasteiger partial charge in [0.2, 0.25) is 0 Å². The summed E-state index contributed by atoms with van der Waals surface area (Å²) in [4.78, 5) is 25.2. The Morgan fingerprint density at radius 1 is 1.16 bits per heavy atom. The molecule has 0 spiro atoms. The van der Waals surface area contributed by atoms with Crippen LogP contribution in [-0.4, -0.2) is 35.5 Å². The van der Waals surface area contributed by atoms with Crippen LogP contribution in [0.1, 0.15) is 59.8 Å². The Balaban J connectivity index is 2.81. The van der Waals surface area contributed by atoms with Crippen LogP contribution in [0.15, 0.2) is 0 Å². The van der Waals surface area contributed by atoms with Crippen LogP contribution in [0.25, 0.3) is 0 Å². The summed E-state index contributed by atoms with van der Waals surface area (Å²) < 4.78 is 5.37. The average Bonchev–Trinajstić information content (AvgIpc) is 2.36. The van der Waals surface area contributed by atoms with Gasteiger partial charge in [0.05, 0.1) is 0 Å². The van der Waals surface area contributed by atoms with Gasteiger partial charge in [0.25, 0.3) is 0 Å². The summed E-state index contributed by atoms with van der Waals surface area (Å²) >= 11 is 0. The predicted octanol–water partition coefficient (Wildman–Crippen LogP) is 3.39. The molecule has 1 aliphatic rings. The number of carbonyl (C=O) groups is 2. The maximum Gasteiger partial charge on any atom is 0.410 e. The largest absolute Gasteiger partial charge is 0.444 e. The van der Waals surface area contributed by atoms with Crippen molar-refractivity contribution >= 4 is 12.4 Å². The third-order valence-corrected chi connectivity index (χ3v) is 4.06. The van der Waals surface area contributed by atoms with Gasteiger partial charge in [0.15, 0.2) is 0 Å². The first-order valence-electron chi connectivity index (χ1n) is 7.14. The molecule has 1 fully saturated rings. The molecule has 0 radical (unpaired) electrons. The van der Waals surface area contributed by atoms with Crippen LogP contribution >= 0.6 is 0 Å². The number of carbonyl (C=O) groups excluding carboxylic acids is 2. The van der Waals surface area contributed by atoms with E-state index in [-0.39, 0.29) is 5.92 Å². The first-order valence-corrected chi connectivity index (χ1v) is 7.14. The Labute approximate surface area is 116 Å². The molecule has 0 heterocycles. The fraction of sp³-hybridized carbons (Fsp3) is 0.867. The number of hydrogen-bond donors (Lipinski definition) is 0. The lowest BCUT2D eigenvalue weighted by Gasteiger charge is -2.42. The first kappa shape index (κ1) is 16.0. The van der Waals surface area contributed by atoms with Gasteiger partial charge in [-0.05, 0) is 46.5 Å². The molecule has 0 N–H and O–H groups in total. The minimum absolute atomic E-state index is 0.233. The molecule has 1 atom stereocenters. The van der Waals surface area contributed by atoms with Crippen LogP contribution in [-0.2, 0) is 9.53 Å². The Hall–Kier alpha value is -1.06. The Morgan fingerprint density at radius 3 is 2.11 bits per heavy atom. The molecule has 0 aromatic heterocycles. The summed E-state index contributed by atoms with van der Waals surface area (Å²) in [5.74, 6) is 0.233. The van der Waals surface area contributed by atoms with Crippen molar-refractivity contribution in [2.24, 2.45) is 5.92 Å². The fourth-order valence-corrected chi connectivity index (χ4v) is 2.66. The molecule has 19 heavy (non-hydrogen) atoms. The lowest BCUT2D eigenvalue weighted by atomic mass is 9.75. The summed E-state index contributed by atoms with van der Waals surface area (Å²) in [6.45, 7) is 7.34. The predicted molar refractivity (Wildman–Crippen MR) is 75.0 cm³/mol. The average molecular weight is 269 g/mol. The van der Waals surface area contributed by atoms with Gasteiger partial charge in [-0.15, -0.1) is 0 Å². The standard InChI is InChI=1S/C15H27NO3/c1-14(2,3)19-13(18)16(5)15(4,11-17)12-9-7-6-8-10-12/h11-12H,6-10H2,1-5H3. The molecule has 1 unspecified atom stereocenters. The van der Waals surface area contributed by atoms with Crippen LogP contribution in [0.5, 0.6) is 0 Å². The van der Waals surface area contributed by atoms with Crippen LogP contribution in [0.3, 0.4) is 0 Å². The quantitative estimate of drug-likeness (QED) is 0.738. The van der Waals surface area contributed by atoms with E-state index in [0.29, 0.717) is 0 Å². The molecule has 0 aliphatic heterocycles. The minimum Gasteiger partial charge on any atom is -0.444 e. The molecule has 1 rings (SSSR count). The van der Waals surface area contributed by atoms with E-state index >= 15 is 0 Å². The van der Waals surface area contributed by atoms with E-state index in [9.17, 15) is 9.59 Å². The van der Waals surface area contributed by atoms with Gasteiger partial charge in [0, 0.05) is 7.05 Å². The lowest BCUT2D eigenvalue weighted by molar-refractivity contribution is -0.121. The van der Waals surface area contributed by atoms with Crippen molar-refractivity contribution in [3.63, 3.8) is 0 Å². The molecule has 0 aromatic rings. The van der Waals surface area contributed by atoms with Crippen molar-refractivity contribution in [2.45, 2.75) is 70.9 Å². The van der Waals surface area contributed by atoms with Crippen LogP contribution in [0.2, 0.25) is 0 Å². The van der Waals surface area contributed by atoms with Gasteiger partial charge in [-0.1, -0.05) is 19.3 Å². The van der Waals surface area contributed by atoms with Gasteiger partial charge in [-0.3, -0.25) is 4.90 Å². The topological polar surface area (TPSA) is 46.6 Å². The molecular weight excluding hydrogens is 242 g/mol. The van der Waals surface area contributed by atoms with Crippen LogP contribution in [0, 0.1) is 5.92 Å². The molecular formula is C15H27NO3. The second kappa shape index (κ2) is 5.93. The van der Waals surface area contributed by atoms with Gasteiger partial charge in [0.1, 0.15) is 17.4 Å². The Bertz CT molecular complexity index is 329. The number of aldehydes is 1. The molecule has 0 saturated heterocycles.